The third-order valence-electron chi connectivity index (χ3n) is 3.01. The van der Waals surface area contributed by atoms with Gasteiger partial charge >= 0.3 is 5.97 Å². The summed E-state index contributed by atoms with van der Waals surface area (Å²) in [5, 5.41) is 22.4. The molecule has 1 rings (SSSR count). The summed E-state index contributed by atoms with van der Waals surface area (Å²) < 4.78 is 5.36. The van der Waals surface area contributed by atoms with E-state index in [1.165, 1.54) is 25.1 Å². The van der Waals surface area contributed by atoms with Crippen molar-refractivity contribution in [3.63, 3.8) is 0 Å². The maximum Gasteiger partial charge on any atom is 0.323 e. The van der Waals surface area contributed by atoms with Crippen molar-refractivity contribution in [3.8, 4) is 5.75 Å². The van der Waals surface area contributed by atoms with Crippen LogP contribution < -0.4 is 10.1 Å². The molecule has 1 unspecified atom stereocenters. The molecule has 7 nitrogen and oxygen atoms in total. The van der Waals surface area contributed by atoms with Gasteiger partial charge in [-0.05, 0) is 20.0 Å². The van der Waals surface area contributed by atoms with Crippen molar-refractivity contribution >= 4 is 23.3 Å². The topological polar surface area (TPSA) is 102 Å². The van der Waals surface area contributed by atoms with E-state index >= 15 is 0 Å². The Labute approximate surface area is 120 Å². The third-order valence-corrected chi connectivity index (χ3v) is 3.31. The number of non-ortho nitro benzene ring substituents is 1. The van der Waals surface area contributed by atoms with Crippen LogP contribution in [0.2, 0.25) is 5.02 Å². The zero-order valence-corrected chi connectivity index (χ0v) is 11.8. The van der Waals surface area contributed by atoms with Gasteiger partial charge < -0.3 is 15.2 Å². The Kier molecular flexibility index (Phi) is 5.29. The van der Waals surface area contributed by atoms with Crippen molar-refractivity contribution in [1.82, 2.24) is 5.32 Å². The number of benzene rings is 1. The molecule has 0 radical (unpaired) electrons. The second-order valence-corrected chi connectivity index (χ2v) is 4.76. The molecule has 0 amide bonds. The van der Waals surface area contributed by atoms with Crippen LogP contribution >= 0.6 is 11.6 Å². The van der Waals surface area contributed by atoms with Crippen LogP contribution in [0.5, 0.6) is 5.75 Å². The number of nitrogens with one attached hydrogen (secondary N) is 1. The van der Waals surface area contributed by atoms with Crippen molar-refractivity contribution in [1.29, 1.82) is 0 Å². The highest BCUT2D eigenvalue weighted by molar-refractivity contribution is 6.32. The van der Waals surface area contributed by atoms with Crippen molar-refractivity contribution in [2.24, 2.45) is 0 Å². The molecule has 0 spiro atoms. The molecule has 0 fully saturated rings. The molecule has 0 heterocycles. The third kappa shape index (κ3) is 3.82. The molecule has 20 heavy (non-hydrogen) atoms. The van der Waals surface area contributed by atoms with E-state index in [1.54, 1.807) is 7.05 Å². The molecular formula is C12H15ClN2O5. The van der Waals surface area contributed by atoms with Crippen LogP contribution in [-0.2, 0) is 4.79 Å². The second-order valence-electron chi connectivity index (χ2n) is 4.36. The van der Waals surface area contributed by atoms with Gasteiger partial charge in [-0.1, -0.05) is 11.6 Å². The summed E-state index contributed by atoms with van der Waals surface area (Å²) in [4.78, 5) is 21.1. The summed E-state index contributed by atoms with van der Waals surface area (Å²) in [5.41, 5.74) is -1.24. The van der Waals surface area contributed by atoms with Crippen LogP contribution in [0.3, 0.4) is 0 Å². The van der Waals surface area contributed by atoms with Gasteiger partial charge in [-0.15, -0.1) is 0 Å². The van der Waals surface area contributed by atoms with Gasteiger partial charge in [0, 0.05) is 18.6 Å². The Morgan fingerprint density at radius 3 is 2.70 bits per heavy atom. The number of halogens is 1. The highest BCUT2D eigenvalue weighted by Crippen LogP contribution is 2.29. The van der Waals surface area contributed by atoms with E-state index in [0.29, 0.717) is 0 Å². The number of likely N-dealkylation sites (N-methyl/N-ethyl adjacent to an activating group) is 1. The number of carboxylic acid groups (broad SMARTS) is 1. The number of carbonyl (C=O) groups is 1. The van der Waals surface area contributed by atoms with Crippen LogP contribution in [-0.4, -0.2) is 35.2 Å². The highest BCUT2D eigenvalue weighted by Gasteiger charge is 2.30. The number of carboxylic acids is 1. The Morgan fingerprint density at radius 1 is 1.60 bits per heavy atom. The van der Waals surface area contributed by atoms with E-state index < -0.39 is 16.4 Å². The monoisotopic (exact) mass is 302 g/mol. The summed E-state index contributed by atoms with van der Waals surface area (Å²) >= 11 is 5.86. The van der Waals surface area contributed by atoms with E-state index in [-0.39, 0.29) is 29.5 Å². The molecule has 0 aromatic heterocycles. The molecule has 0 saturated heterocycles. The maximum absolute atomic E-state index is 11.1. The van der Waals surface area contributed by atoms with Gasteiger partial charge in [-0.3, -0.25) is 14.9 Å². The van der Waals surface area contributed by atoms with Crippen molar-refractivity contribution in [2.75, 3.05) is 13.7 Å². The number of aliphatic carboxylic acids is 1. The quantitative estimate of drug-likeness (QED) is 0.590. The van der Waals surface area contributed by atoms with E-state index in [4.69, 9.17) is 21.4 Å². The normalized spacial score (nSPS) is 13.6. The van der Waals surface area contributed by atoms with Crippen LogP contribution in [0.25, 0.3) is 0 Å². The van der Waals surface area contributed by atoms with Gasteiger partial charge in [-0.2, -0.15) is 0 Å². The van der Waals surface area contributed by atoms with Crippen molar-refractivity contribution in [3.05, 3.63) is 33.3 Å². The lowest BCUT2D eigenvalue weighted by Crippen LogP contribution is -2.48. The molecule has 2 N–H and O–H groups in total. The van der Waals surface area contributed by atoms with Crippen molar-refractivity contribution in [2.45, 2.75) is 18.9 Å². The fourth-order valence-corrected chi connectivity index (χ4v) is 1.65. The minimum atomic E-state index is -1.10. The van der Waals surface area contributed by atoms with Crippen LogP contribution in [0, 0.1) is 10.1 Å². The summed E-state index contributed by atoms with van der Waals surface area (Å²) in [6.45, 7) is 1.65. The average Bonchev–Trinajstić information content (AvgIpc) is 2.39. The standard InChI is InChI=1S/C12H15ClN2O5/c1-12(14-2,11(16)17)5-6-20-10-4-3-8(15(18)19)7-9(10)13/h3-4,7,14H,5-6H2,1-2H3,(H,16,17). The molecule has 0 saturated carbocycles. The Hall–Kier alpha value is -1.86. The van der Waals surface area contributed by atoms with Gasteiger partial charge in [0.25, 0.3) is 5.69 Å². The number of nitro groups is 1. The summed E-state index contributed by atoms with van der Waals surface area (Å²) in [6, 6.07) is 3.85. The van der Waals surface area contributed by atoms with Crippen LogP contribution in [0.4, 0.5) is 5.69 Å². The summed E-state index contributed by atoms with van der Waals surface area (Å²) in [5.74, 6) is -0.709. The molecule has 1 aromatic rings. The van der Waals surface area contributed by atoms with Gasteiger partial charge in [0.05, 0.1) is 16.6 Å². The van der Waals surface area contributed by atoms with Crippen LogP contribution in [0.15, 0.2) is 18.2 Å². The molecule has 8 heteroatoms. The number of hydrogen-bond donors (Lipinski definition) is 2. The molecular weight excluding hydrogens is 288 g/mol. The minimum absolute atomic E-state index is 0.112. The molecule has 1 aromatic carbocycles. The van der Waals surface area contributed by atoms with Gasteiger partial charge in [0.1, 0.15) is 11.3 Å². The number of hydrogen-bond acceptors (Lipinski definition) is 5. The first kappa shape index (κ1) is 16.2. The molecule has 0 aliphatic rings. The lowest BCUT2D eigenvalue weighted by molar-refractivity contribution is -0.384. The second kappa shape index (κ2) is 6.53. The number of nitro benzene ring substituents is 1. The Bertz CT molecular complexity index is 523. The number of nitrogens with zero attached hydrogens (tertiary/aromatic N) is 1. The minimum Gasteiger partial charge on any atom is -0.492 e. The first-order valence-electron chi connectivity index (χ1n) is 5.79. The number of rotatable bonds is 7. The van der Waals surface area contributed by atoms with Crippen LogP contribution in [0.1, 0.15) is 13.3 Å². The molecule has 110 valence electrons. The molecule has 0 aliphatic carbocycles. The largest absolute Gasteiger partial charge is 0.492 e. The average molecular weight is 303 g/mol. The predicted molar refractivity (Wildman–Crippen MR) is 73.3 cm³/mol. The van der Waals surface area contributed by atoms with E-state index in [1.807, 2.05) is 0 Å². The fourth-order valence-electron chi connectivity index (χ4n) is 1.42. The first-order valence-corrected chi connectivity index (χ1v) is 6.17. The molecule has 0 aliphatic heterocycles. The molecule has 0 bridgehead atoms. The van der Waals surface area contributed by atoms with Gasteiger partial charge in [0.2, 0.25) is 0 Å². The smallest absolute Gasteiger partial charge is 0.323 e. The van der Waals surface area contributed by atoms with Crippen molar-refractivity contribution < 1.29 is 19.6 Å². The Morgan fingerprint density at radius 2 is 2.25 bits per heavy atom. The first-order chi connectivity index (χ1) is 9.30. The summed E-state index contributed by atoms with van der Waals surface area (Å²) in [6.07, 6.45) is 0.214. The Balaban J connectivity index is 2.67. The van der Waals surface area contributed by atoms with Gasteiger partial charge in [0.15, 0.2) is 0 Å². The zero-order chi connectivity index (χ0) is 15.3. The summed E-state index contributed by atoms with van der Waals surface area (Å²) in [7, 11) is 1.55. The van der Waals surface area contributed by atoms with Gasteiger partial charge in [-0.25, -0.2) is 0 Å². The SMILES string of the molecule is CNC(C)(CCOc1ccc([N+](=O)[O-])cc1Cl)C(=O)O. The van der Waals surface area contributed by atoms with E-state index in [0.717, 1.165) is 0 Å². The zero-order valence-electron chi connectivity index (χ0n) is 11.1. The molecule has 1 atom stereocenters. The number of ether oxygens (including phenoxy) is 1. The highest BCUT2D eigenvalue weighted by atomic mass is 35.5. The lowest BCUT2D eigenvalue weighted by Gasteiger charge is -2.24. The maximum atomic E-state index is 11.1. The van der Waals surface area contributed by atoms with E-state index in [2.05, 4.69) is 5.32 Å². The van der Waals surface area contributed by atoms with E-state index in [9.17, 15) is 14.9 Å². The predicted octanol–water partition coefficient (Wildman–Crippen LogP) is 2.08. The lowest BCUT2D eigenvalue weighted by atomic mass is 9.99. The fraction of sp³-hybridized carbons (Fsp3) is 0.417.